The second-order valence-corrected chi connectivity index (χ2v) is 8.63. The summed E-state index contributed by atoms with van der Waals surface area (Å²) in [5.74, 6) is -0.954. The molecule has 2 aromatic carbocycles. The summed E-state index contributed by atoms with van der Waals surface area (Å²) in [6.45, 7) is 4.07. The topological polar surface area (TPSA) is 101 Å². The molecule has 10 heteroatoms. The maximum atomic E-state index is 14.5. The van der Waals surface area contributed by atoms with E-state index >= 15 is 0 Å². The third kappa shape index (κ3) is 5.54. The Kier molecular flexibility index (Phi) is 7.23. The number of aryl methyl sites for hydroxylation is 1. The van der Waals surface area contributed by atoms with Gasteiger partial charge in [-0.3, -0.25) is 0 Å². The molecule has 0 aliphatic carbocycles. The summed E-state index contributed by atoms with van der Waals surface area (Å²) in [6, 6.07) is 7.61. The van der Waals surface area contributed by atoms with Crippen molar-refractivity contribution in [3.05, 3.63) is 47.3 Å². The molecule has 8 nitrogen and oxygen atoms in total. The predicted octanol–water partition coefficient (Wildman–Crippen LogP) is 4.61. The number of rotatable bonds is 9. The third-order valence-corrected chi connectivity index (χ3v) is 5.85. The van der Waals surface area contributed by atoms with Gasteiger partial charge in [-0.1, -0.05) is 0 Å². The minimum Gasteiger partial charge on any atom is -0.493 e. The van der Waals surface area contributed by atoms with Crippen LogP contribution < -0.4 is 20.5 Å². The van der Waals surface area contributed by atoms with E-state index < -0.39 is 12.5 Å². The van der Waals surface area contributed by atoms with Gasteiger partial charge in [0.2, 0.25) is 0 Å². The van der Waals surface area contributed by atoms with Crippen molar-refractivity contribution in [1.29, 1.82) is 0 Å². The van der Waals surface area contributed by atoms with Gasteiger partial charge in [0, 0.05) is 36.2 Å². The lowest BCUT2D eigenvalue weighted by Crippen LogP contribution is -2.21. The van der Waals surface area contributed by atoms with Crippen molar-refractivity contribution >= 4 is 22.4 Å². The first-order valence-corrected chi connectivity index (χ1v) is 11.3. The molecule has 2 atom stereocenters. The average molecular weight is 489 g/mol. The second-order valence-electron chi connectivity index (χ2n) is 8.63. The van der Waals surface area contributed by atoms with E-state index in [1.54, 1.807) is 26.2 Å². The van der Waals surface area contributed by atoms with Crippen molar-refractivity contribution in [2.24, 2.45) is 0 Å². The van der Waals surface area contributed by atoms with E-state index in [1.165, 1.54) is 19.2 Å². The summed E-state index contributed by atoms with van der Waals surface area (Å²) in [5.41, 5.74) is 7.25. The molecular weight excluding hydrogens is 458 g/mol. The van der Waals surface area contributed by atoms with Crippen LogP contribution in [0.25, 0.3) is 10.9 Å². The van der Waals surface area contributed by atoms with Crippen molar-refractivity contribution in [2.75, 3.05) is 45.1 Å². The van der Waals surface area contributed by atoms with Crippen LogP contribution >= 0.6 is 0 Å². The number of anilines is 2. The zero-order valence-electron chi connectivity index (χ0n) is 20.2. The monoisotopic (exact) mass is 488 g/mol. The zero-order chi connectivity index (χ0) is 25.2. The first-order valence-electron chi connectivity index (χ1n) is 11.3. The van der Waals surface area contributed by atoms with E-state index in [4.69, 9.17) is 19.9 Å². The summed E-state index contributed by atoms with van der Waals surface area (Å²) in [6.07, 6.45) is 0.724. The molecule has 188 valence electrons. The quantitative estimate of drug-likeness (QED) is 0.421. The van der Waals surface area contributed by atoms with Gasteiger partial charge in [0.05, 0.1) is 31.9 Å². The largest absolute Gasteiger partial charge is 0.493 e. The fourth-order valence-electron chi connectivity index (χ4n) is 4.09. The molecule has 1 aliphatic heterocycles. The molecule has 0 unspecified atom stereocenters. The lowest BCUT2D eigenvalue weighted by molar-refractivity contribution is -0.0698. The molecule has 3 aromatic rings. The van der Waals surface area contributed by atoms with Gasteiger partial charge < -0.3 is 30.0 Å². The number of benzene rings is 2. The lowest BCUT2D eigenvalue weighted by atomic mass is 10.00. The van der Waals surface area contributed by atoms with Crippen LogP contribution in [0, 0.1) is 6.92 Å². The van der Waals surface area contributed by atoms with Crippen molar-refractivity contribution < 1.29 is 27.7 Å². The standard InChI is InChI=1S/C25H30F2N4O4/c1-14(16-7-17(9-18(28)8-16)25(26,27)13-32-3)29-24-20-10-23(35-19-5-6-34-12-19)22(33-4)11-21(20)30-15(2)31-24/h7-11,14,19H,5-6,12-13,28H2,1-4H3,(H,29,30,31)/t14-,19+/m1/s1. The number of methoxy groups -OCH3 is 2. The van der Waals surface area contributed by atoms with Crippen molar-refractivity contribution in [2.45, 2.75) is 38.3 Å². The number of alkyl halides is 2. The van der Waals surface area contributed by atoms with Gasteiger partial charge in [-0.2, -0.15) is 8.78 Å². The number of hydrogen-bond donors (Lipinski definition) is 2. The van der Waals surface area contributed by atoms with Crippen molar-refractivity contribution in [3.63, 3.8) is 0 Å². The highest BCUT2D eigenvalue weighted by molar-refractivity contribution is 5.92. The van der Waals surface area contributed by atoms with Crippen LogP contribution in [0.2, 0.25) is 0 Å². The van der Waals surface area contributed by atoms with Gasteiger partial charge in [-0.15, -0.1) is 0 Å². The number of hydrogen-bond acceptors (Lipinski definition) is 8. The number of halogens is 2. The lowest BCUT2D eigenvalue weighted by Gasteiger charge is -2.22. The van der Waals surface area contributed by atoms with E-state index in [-0.39, 0.29) is 23.4 Å². The molecule has 1 saturated heterocycles. The highest BCUT2D eigenvalue weighted by atomic mass is 19.3. The van der Waals surface area contributed by atoms with E-state index in [9.17, 15) is 8.78 Å². The molecule has 1 fully saturated rings. The third-order valence-electron chi connectivity index (χ3n) is 5.85. The van der Waals surface area contributed by atoms with Gasteiger partial charge in [0.1, 0.15) is 24.4 Å². The van der Waals surface area contributed by atoms with Crippen LogP contribution in [0.3, 0.4) is 0 Å². The van der Waals surface area contributed by atoms with E-state index in [1.807, 2.05) is 13.0 Å². The van der Waals surface area contributed by atoms with Crippen molar-refractivity contribution in [3.8, 4) is 11.5 Å². The Morgan fingerprint density at radius 3 is 2.66 bits per heavy atom. The van der Waals surface area contributed by atoms with E-state index in [2.05, 4.69) is 20.0 Å². The molecule has 4 rings (SSSR count). The highest BCUT2D eigenvalue weighted by Crippen LogP contribution is 2.37. The molecule has 35 heavy (non-hydrogen) atoms. The molecule has 0 spiro atoms. The fraction of sp³-hybridized carbons (Fsp3) is 0.440. The second kappa shape index (κ2) is 10.2. The van der Waals surface area contributed by atoms with E-state index in [0.717, 1.165) is 6.42 Å². The van der Waals surface area contributed by atoms with Crippen LogP contribution in [0.15, 0.2) is 30.3 Å². The first kappa shape index (κ1) is 24.9. The molecule has 0 bridgehead atoms. The number of nitrogen functional groups attached to an aromatic ring is 1. The zero-order valence-corrected chi connectivity index (χ0v) is 20.2. The van der Waals surface area contributed by atoms with Gasteiger partial charge in [-0.25, -0.2) is 9.97 Å². The molecule has 3 N–H and O–H groups in total. The number of fused-ring (bicyclic) bond motifs is 1. The Morgan fingerprint density at radius 1 is 1.17 bits per heavy atom. The Bertz CT molecular complexity index is 1200. The Labute approximate surface area is 202 Å². The van der Waals surface area contributed by atoms with E-state index in [0.29, 0.717) is 52.8 Å². The summed E-state index contributed by atoms with van der Waals surface area (Å²) in [7, 11) is 2.81. The number of nitrogens with zero attached hydrogens (tertiary/aromatic N) is 2. The Balaban J connectivity index is 1.69. The minimum absolute atomic E-state index is 0.0671. The normalized spacial score (nSPS) is 16.9. The summed E-state index contributed by atoms with van der Waals surface area (Å²) >= 11 is 0. The van der Waals surface area contributed by atoms with Crippen LogP contribution in [0.4, 0.5) is 20.3 Å². The minimum atomic E-state index is -3.16. The number of ether oxygens (including phenoxy) is 4. The first-order chi connectivity index (χ1) is 16.7. The fourth-order valence-corrected chi connectivity index (χ4v) is 4.09. The molecule has 2 heterocycles. The molecule has 0 radical (unpaired) electrons. The van der Waals surface area contributed by atoms with Gasteiger partial charge in [0.15, 0.2) is 11.5 Å². The van der Waals surface area contributed by atoms with Gasteiger partial charge in [0.25, 0.3) is 5.92 Å². The van der Waals surface area contributed by atoms with Crippen LogP contribution in [-0.4, -0.2) is 50.1 Å². The maximum absolute atomic E-state index is 14.5. The van der Waals surface area contributed by atoms with Gasteiger partial charge >= 0.3 is 0 Å². The molecule has 1 aliphatic rings. The van der Waals surface area contributed by atoms with Crippen LogP contribution in [0.1, 0.15) is 36.3 Å². The van der Waals surface area contributed by atoms with Crippen LogP contribution in [-0.2, 0) is 15.4 Å². The average Bonchev–Trinajstić information content (AvgIpc) is 3.31. The smallest absolute Gasteiger partial charge is 0.296 e. The molecule has 0 saturated carbocycles. The predicted molar refractivity (Wildman–Crippen MR) is 129 cm³/mol. The highest BCUT2D eigenvalue weighted by Gasteiger charge is 2.32. The summed E-state index contributed by atoms with van der Waals surface area (Å²) in [5, 5.41) is 4.05. The summed E-state index contributed by atoms with van der Waals surface area (Å²) < 4.78 is 50.7. The maximum Gasteiger partial charge on any atom is 0.296 e. The Hall–Kier alpha value is -3.24. The Morgan fingerprint density at radius 2 is 1.97 bits per heavy atom. The molecule has 1 aromatic heterocycles. The van der Waals surface area contributed by atoms with Crippen molar-refractivity contribution in [1.82, 2.24) is 9.97 Å². The SMILES string of the molecule is COCC(F)(F)c1cc(N)cc([C@@H](C)Nc2nc(C)nc3cc(OC)c(O[C@H]4CCOC4)cc23)c1. The van der Waals surface area contributed by atoms with Crippen LogP contribution in [0.5, 0.6) is 11.5 Å². The number of nitrogens with one attached hydrogen (secondary N) is 1. The number of nitrogens with two attached hydrogens (primary N) is 1. The molecule has 0 amide bonds. The summed E-state index contributed by atoms with van der Waals surface area (Å²) in [4.78, 5) is 9.11. The van der Waals surface area contributed by atoms with Gasteiger partial charge in [-0.05, 0) is 43.7 Å². The number of aromatic nitrogens is 2. The molecular formula is C25H30F2N4O4.